The Morgan fingerprint density at radius 3 is 2.81 bits per heavy atom. The van der Waals surface area contributed by atoms with Crippen LogP contribution in [0.5, 0.6) is 0 Å². The maximum absolute atomic E-state index is 9.02. The highest BCUT2D eigenvalue weighted by molar-refractivity contribution is 9.11. The normalized spacial score (nSPS) is 24.1. The predicted octanol–water partition coefficient (Wildman–Crippen LogP) is 4.32. The van der Waals surface area contributed by atoms with E-state index in [1.165, 1.54) is 0 Å². The zero-order valence-electron chi connectivity index (χ0n) is 8.71. The van der Waals surface area contributed by atoms with E-state index in [1.807, 2.05) is 18.2 Å². The quantitative estimate of drug-likeness (QED) is 0.868. The van der Waals surface area contributed by atoms with E-state index in [4.69, 9.17) is 5.26 Å². The zero-order valence-corrected chi connectivity index (χ0v) is 11.9. The van der Waals surface area contributed by atoms with Crippen LogP contribution < -0.4 is 5.32 Å². The first-order valence-corrected chi connectivity index (χ1v) is 6.90. The highest BCUT2D eigenvalue weighted by Gasteiger charge is 2.27. The number of benzene rings is 1. The summed E-state index contributed by atoms with van der Waals surface area (Å²) in [5, 5.41) is 12.5. The topological polar surface area (TPSA) is 35.8 Å². The van der Waals surface area contributed by atoms with E-state index in [2.05, 4.69) is 43.2 Å². The van der Waals surface area contributed by atoms with E-state index < -0.39 is 0 Å². The summed E-state index contributed by atoms with van der Waals surface area (Å²) in [6.07, 6.45) is 3.24. The zero-order chi connectivity index (χ0) is 11.5. The van der Waals surface area contributed by atoms with Crippen molar-refractivity contribution in [2.75, 3.05) is 5.32 Å². The summed E-state index contributed by atoms with van der Waals surface area (Å²) in [6.45, 7) is 0. The summed E-state index contributed by atoms with van der Waals surface area (Å²) in [6, 6.07) is 8.72. The van der Waals surface area contributed by atoms with E-state index in [0.29, 0.717) is 6.04 Å². The van der Waals surface area contributed by atoms with Gasteiger partial charge in [0.1, 0.15) is 0 Å². The van der Waals surface area contributed by atoms with E-state index in [0.717, 1.165) is 33.9 Å². The van der Waals surface area contributed by atoms with Gasteiger partial charge >= 0.3 is 0 Å². The molecule has 2 unspecified atom stereocenters. The highest BCUT2D eigenvalue weighted by Crippen LogP contribution is 2.32. The second-order valence-corrected chi connectivity index (χ2v) is 5.81. The van der Waals surface area contributed by atoms with Gasteiger partial charge < -0.3 is 5.32 Å². The molecule has 0 saturated heterocycles. The maximum Gasteiger partial charge on any atom is 0.0677 e. The minimum atomic E-state index is 0.149. The van der Waals surface area contributed by atoms with Gasteiger partial charge in [-0.2, -0.15) is 5.26 Å². The summed E-state index contributed by atoms with van der Waals surface area (Å²) in [7, 11) is 0. The fourth-order valence-electron chi connectivity index (χ4n) is 2.09. The van der Waals surface area contributed by atoms with Crippen LogP contribution in [0, 0.1) is 17.2 Å². The second-order valence-electron chi connectivity index (χ2n) is 4.04. The van der Waals surface area contributed by atoms with Crippen molar-refractivity contribution >= 4 is 37.5 Å². The monoisotopic (exact) mass is 342 g/mol. The van der Waals surface area contributed by atoms with Crippen molar-refractivity contribution < 1.29 is 0 Å². The third-order valence-corrected chi connectivity index (χ3v) is 4.10. The summed E-state index contributed by atoms with van der Waals surface area (Å²) in [5.74, 6) is 0.149. The molecule has 1 saturated carbocycles. The first kappa shape index (κ1) is 11.9. The molecule has 1 aliphatic carbocycles. The molecule has 1 aromatic rings. The first-order valence-electron chi connectivity index (χ1n) is 5.32. The van der Waals surface area contributed by atoms with Gasteiger partial charge in [-0.25, -0.2) is 0 Å². The molecule has 0 amide bonds. The van der Waals surface area contributed by atoms with E-state index >= 15 is 0 Å². The molecule has 0 heterocycles. The smallest absolute Gasteiger partial charge is 0.0677 e. The van der Waals surface area contributed by atoms with E-state index in [-0.39, 0.29) is 5.92 Å². The van der Waals surface area contributed by atoms with Gasteiger partial charge in [0.2, 0.25) is 0 Å². The third-order valence-electron chi connectivity index (χ3n) is 2.95. The predicted molar refractivity (Wildman–Crippen MR) is 72.2 cm³/mol. The van der Waals surface area contributed by atoms with Crippen LogP contribution in [-0.4, -0.2) is 6.04 Å². The molecule has 0 aliphatic heterocycles. The number of nitriles is 1. The number of hydrogen-bond donors (Lipinski definition) is 1. The van der Waals surface area contributed by atoms with Crippen molar-refractivity contribution in [2.45, 2.75) is 25.3 Å². The molecule has 0 spiro atoms. The fraction of sp³-hybridized carbons (Fsp3) is 0.417. The summed E-state index contributed by atoms with van der Waals surface area (Å²) < 4.78 is 2.08. The van der Waals surface area contributed by atoms with Gasteiger partial charge in [-0.05, 0) is 53.4 Å². The van der Waals surface area contributed by atoms with Crippen LogP contribution in [0.1, 0.15) is 19.3 Å². The minimum Gasteiger partial charge on any atom is -0.380 e. The first-order chi connectivity index (χ1) is 7.70. The Balaban J connectivity index is 2.12. The molecule has 2 nitrogen and oxygen atoms in total. The van der Waals surface area contributed by atoms with Crippen LogP contribution in [0.4, 0.5) is 5.69 Å². The Labute approximate surface area is 112 Å². The lowest BCUT2D eigenvalue weighted by atomic mass is 10.1. The minimum absolute atomic E-state index is 0.149. The number of hydrogen-bond acceptors (Lipinski definition) is 2. The van der Waals surface area contributed by atoms with E-state index in [1.54, 1.807) is 0 Å². The summed E-state index contributed by atoms with van der Waals surface area (Å²) in [4.78, 5) is 0. The third kappa shape index (κ3) is 2.58. The molecule has 2 rings (SSSR count). The number of rotatable bonds is 2. The average Bonchev–Trinajstić information content (AvgIpc) is 2.69. The molecular formula is C12H12Br2N2. The molecule has 1 aliphatic rings. The molecule has 1 aromatic carbocycles. The van der Waals surface area contributed by atoms with Gasteiger partial charge in [0.05, 0.1) is 12.0 Å². The SMILES string of the molecule is N#CC1CCCC1Nc1ccc(Br)cc1Br. The van der Waals surface area contributed by atoms with Crippen molar-refractivity contribution in [3.63, 3.8) is 0 Å². The molecule has 0 bridgehead atoms. The van der Waals surface area contributed by atoms with Crippen LogP contribution in [0.2, 0.25) is 0 Å². The Bertz CT molecular complexity index is 426. The van der Waals surface area contributed by atoms with Crippen molar-refractivity contribution in [3.8, 4) is 6.07 Å². The number of anilines is 1. The Morgan fingerprint density at radius 2 is 2.12 bits per heavy atom. The molecule has 1 N–H and O–H groups in total. The van der Waals surface area contributed by atoms with Gasteiger partial charge in [-0.15, -0.1) is 0 Å². The lowest BCUT2D eigenvalue weighted by Gasteiger charge is -2.18. The number of halogens is 2. The summed E-state index contributed by atoms with van der Waals surface area (Å²) >= 11 is 6.95. The lowest BCUT2D eigenvalue weighted by molar-refractivity contribution is 0.629. The number of nitrogens with zero attached hydrogens (tertiary/aromatic N) is 1. The van der Waals surface area contributed by atoms with Crippen LogP contribution in [0.15, 0.2) is 27.1 Å². The van der Waals surface area contributed by atoms with Crippen LogP contribution in [-0.2, 0) is 0 Å². The lowest BCUT2D eigenvalue weighted by Crippen LogP contribution is -2.22. The van der Waals surface area contributed by atoms with Crippen molar-refractivity contribution in [1.82, 2.24) is 0 Å². The van der Waals surface area contributed by atoms with Gasteiger partial charge in [0, 0.05) is 20.7 Å². The second kappa shape index (κ2) is 5.20. The standard InChI is InChI=1S/C12H12Br2N2/c13-9-4-5-12(10(14)6-9)16-11-3-1-2-8(11)7-15/h4-6,8,11,16H,1-3H2. The maximum atomic E-state index is 9.02. The van der Waals surface area contributed by atoms with Crippen LogP contribution in [0.3, 0.4) is 0 Å². The van der Waals surface area contributed by atoms with Gasteiger partial charge in [-0.3, -0.25) is 0 Å². The molecule has 84 valence electrons. The molecule has 0 radical (unpaired) electrons. The molecule has 0 aromatic heterocycles. The van der Waals surface area contributed by atoms with Crippen molar-refractivity contribution in [1.29, 1.82) is 5.26 Å². The van der Waals surface area contributed by atoms with Crippen LogP contribution >= 0.6 is 31.9 Å². The van der Waals surface area contributed by atoms with E-state index in [9.17, 15) is 0 Å². The Kier molecular flexibility index (Phi) is 3.88. The molecule has 1 fully saturated rings. The highest BCUT2D eigenvalue weighted by atomic mass is 79.9. The molecule has 2 atom stereocenters. The fourth-order valence-corrected chi connectivity index (χ4v) is 3.26. The Morgan fingerprint density at radius 1 is 1.31 bits per heavy atom. The van der Waals surface area contributed by atoms with Gasteiger partial charge in [0.25, 0.3) is 0 Å². The van der Waals surface area contributed by atoms with Gasteiger partial charge in [-0.1, -0.05) is 15.9 Å². The summed E-state index contributed by atoms with van der Waals surface area (Å²) in [5.41, 5.74) is 1.07. The Hall–Kier alpha value is -0.530. The molecule has 4 heteroatoms. The van der Waals surface area contributed by atoms with Crippen LogP contribution in [0.25, 0.3) is 0 Å². The largest absolute Gasteiger partial charge is 0.380 e. The number of nitrogens with one attached hydrogen (secondary N) is 1. The van der Waals surface area contributed by atoms with Gasteiger partial charge in [0.15, 0.2) is 0 Å². The van der Waals surface area contributed by atoms with Crippen molar-refractivity contribution in [2.24, 2.45) is 5.92 Å². The molecule has 16 heavy (non-hydrogen) atoms. The van der Waals surface area contributed by atoms with Crippen molar-refractivity contribution in [3.05, 3.63) is 27.1 Å². The average molecular weight is 344 g/mol. The molecular weight excluding hydrogens is 332 g/mol.